The van der Waals surface area contributed by atoms with Gasteiger partial charge in [-0.1, -0.05) is 6.92 Å². The van der Waals surface area contributed by atoms with E-state index in [0.717, 1.165) is 6.42 Å². The van der Waals surface area contributed by atoms with Gasteiger partial charge >= 0.3 is 0 Å². The van der Waals surface area contributed by atoms with Gasteiger partial charge in [-0.3, -0.25) is 0 Å². The number of nitrogens with two attached hydrogens (primary N) is 1. The summed E-state index contributed by atoms with van der Waals surface area (Å²) < 4.78 is 29.6. The summed E-state index contributed by atoms with van der Waals surface area (Å²) in [5.74, 6) is 0.323. The maximum absolute atomic E-state index is 12.3. The van der Waals surface area contributed by atoms with E-state index in [1.165, 1.54) is 0 Å². The highest BCUT2D eigenvalue weighted by Gasteiger charge is 2.18. The third-order valence-electron chi connectivity index (χ3n) is 1.81. The van der Waals surface area contributed by atoms with E-state index >= 15 is 0 Å². The zero-order valence-electron chi connectivity index (χ0n) is 7.52. The summed E-state index contributed by atoms with van der Waals surface area (Å²) in [6.45, 7) is 2.07. The molecule has 2 nitrogen and oxygen atoms in total. The second-order valence-corrected chi connectivity index (χ2v) is 2.86. The lowest BCUT2D eigenvalue weighted by molar-refractivity contribution is 0.118. The van der Waals surface area contributed by atoms with Gasteiger partial charge in [-0.2, -0.15) is 0 Å². The molecule has 0 aliphatic heterocycles. The summed E-state index contributed by atoms with van der Waals surface area (Å²) in [4.78, 5) is 0. The Morgan fingerprint density at radius 2 is 2.23 bits per heavy atom. The van der Waals surface area contributed by atoms with Gasteiger partial charge in [0.2, 0.25) is 0 Å². The molecule has 0 spiro atoms. The van der Waals surface area contributed by atoms with Crippen LogP contribution >= 0.6 is 0 Å². The fourth-order valence-corrected chi connectivity index (χ4v) is 1.22. The van der Waals surface area contributed by atoms with Crippen LogP contribution in [0.2, 0.25) is 0 Å². The second-order valence-electron chi connectivity index (χ2n) is 2.86. The van der Waals surface area contributed by atoms with Crippen molar-refractivity contribution >= 4 is 0 Å². The van der Waals surface area contributed by atoms with Crippen molar-refractivity contribution in [2.24, 2.45) is 5.73 Å². The van der Waals surface area contributed by atoms with Gasteiger partial charge in [0, 0.05) is 18.5 Å². The molecule has 74 valence electrons. The Morgan fingerprint density at radius 3 is 2.62 bits per heavy atom. The predicted octanol–water partition coefficient (Wildman–Crippen LogP) is 2.63. The maximum atomic E-state index is 12.3. The molecule has 0 atom stereocenters. The molecule has 2 N–H and O–H groups in total. The van der Waals surface area contributed by atoms with E-state index < -0.39 is 6.43 Å². The van der Waals surface area contributed by atoms with Gasteiger partial charge in [-0.15, -0.1) is 0 Å². The average Bonchev–Trinajstić information content (AvgIpc) is 2.48. The maximum Gasteiger partial charge on any atom is 0.295 e. The molecule has 1 aromatic heterocycles. The molecule has 0 unspecified atom stereocenters. The Bertz CT molecular complexity index is 271. The SMILES string of the molecule is CCCc1cc(CN)c(C(F)F)o1. The van der Waals surface area contributed by atoms with Crippen molar-refractivity contribution in [3.63, 3.8) is 0 Å². The normalized spacial score (nSPS) is 11.2. The third kappa shape index (κ3) is 2.28. The first kappa shape index (κ1) is 10.2. The van der Waals surface area contributed by atoms with Crippen LogP contribution in [-0.4, -0.2) is 0 Å². The van der Waals surface area contributed by atoms with Gasteiger partial charge in [-0.25, -0.2) is 8.78 Å². The molecule has 0 amide bonds. The zero-order valence-corrected chi connectivity index (χ0v) is 7.52. The molecule has 0 bridgehead atoms. The smallest absolute Gasteiger partial charge is 0.295 e. The molecule has 0 saturated carbocycles. The van der Waals surface area contributed by atoms with Gasteiger partial charge in [-0.05, 0) is 12.5 Å². The highest BCUT2D eigenvalue weighted by Crippen LogP contribution is 2.26. The number of hydrogen-bond acceptors (Lipinski definition) is 2. The van der Waals surface area contributed by atoms with Gasteiger partial charge in [0.1, 0.15) is 5.76 Å². The lowest BCUT2D eigenvalue weighted by Gasteiger charge is -1.96. The summed E-state index contributed by atoms with van der Waals surface area (Å²) in [5, 5.41) is 0. The van der Waals surface area contributed by atoms with Crippen LogP contribution < -0.4 is 5.73 Å². The molecule has 0 aromatic carbocycles. The van der Waals surface area contributed by atoms with Crippen LogP contribution in [0.3, 0.4) is 0 Å². The molecule has 4 heteroatoms. The molecular weight excluding hydrogens is 176 g/mol. The third-order valence-corrected chi connectivity index (χ3v) is 1.81. The monoisotopic (exact) mass is 189 g/mol. The summed E-state index contributed by atoms with van der Waals surface area (Å²) in [6, 6.07) is 1.62. The minimum absolute atomic E-state index is 0.104. The number of rotatable bonds is 4. The second kappa shape index (κ2) is 4.37. The zero-order chi connectivity index (χ0) is 9.84. The van der Waals surface area contributed by atoms with E-state index in [0.29, 0.717) is 17.7 Å². The molecule has 1 heterocycles. The minimum atomic E-state index is -2.57. The Hall–Kier alpha value is -0.900. The minimum Gasteiger partial charge on any atom is -0.460 e. The predicted molar refractivity (Wildman–Crippen MR) is 45.6 cm³/mol. The Balaban J connectivity index is 2.90. The first-order chi connectivity index (χ1) is 6.19. The average molecular weight is 189 g/mol. The van der Waals surface area contributed by atoms with Gasteiger partial charge in [0.25, 0.3) is 6.43 Å². The fraction of sp³-hybridized carbons (Fsp3) is 0.556. The van der Waals surface area contributed by atoms with Crippen LogP contribution in [0.4, 0.5) is 8.78 Å². The molecule has 0 radical (unpaired) electrons. The number of aryl methyl sites for hydroxylation is 1. The van der Waals surface area contributed by atoms with E-state index in [4.69, 9.17) is 10.2 Å². The Kier molecular flexibility index (Phi) is 3.42. The number of furan rings is 1. The Labute approximate surface area is 75.7 Å². The molecule has 1 rings (SSSR count). The van der Waals surface area contributed by atoms with E-state index in [1.54, 1.807) is 6.07 Å². The molecule has 1 aromatic rings. The van der Waals surface area contributed by atoms with Crippen LogP contribution in [0.15, 0.2) is 10.5 Å². The van der Waals surface area contributed by atoms with Crippen molar-refractivity contribution in [1.82, 2.24) is 0 Å². The number of hydrogen-bond donors (Lipinski definition) is 1. The highest BCUT2D eigenvalue weighted by molar-refractivity contribution is 5.22. The topological polar surface area (TPSA) is 39.2 Å². The van der Waals surface area contributed by atoms with Crippen molar-refractivity contribution < 1.29 is 13.2 Å². The largest absolute Gasteiger partial charge is 0.460 e. The van der Waals surface area contributed by atoms with Crippen molar-refractivity contribution in [1.29, 1.82) is 0 Å². The van der Waals surface area contributed by atoms with Crippen molar-refractivity contribution in [3.05, 3.63) is 23.2 Å². The van der Waals surface area contributed by atoms with Crippen LogP contribution in [0, 0.1) is 0 Å². The quantitative estimate of drug-likeness (QED) is 0.790. The van der Waals surface area contributed by atoms with Gasteiger partial charge in [0.15, 0.2) is 5.76 Å². The number of halogens is 2. The summed E-state index contributed by atoms with van der Waals surface area (Å²) >= 11 is 0. The first-order valence-corrected chi connectivity index (χ1v) is 4.28. The standard InChI is InChI=1S/C9H13F2NO/c1-2-3-7-4-6(5-12)8(13-7)9(10)11/h4,9H,2-3,5,12H2,1H3. The van der Waals surface area contributed by atoms with E-state index in [2.05, 4.69) is 0 Å². The van der Waals surface area contributed by atoms with Gasteiger partial charge in [0.05, 0.1) is 0 Å². The van der Waals surface area contributed by atoms with E-state index in [1.807, 2.05) is 6.92 Å². The van der Waals surface area contributed by atoms with E-state index in [-0.39, 0.29) is 12.3 Å². The van der Waals surface area contributed by atoms with Gasteiger partial charge < -0.3 is 10.2 Å². The molecule has 13 heavy (non-hydrogen) atoms. The molecule has 0 aliphatic rings. The van der Waals surface area contributed by atoms with Crippen LogP contribution in [-0.2, 0) is 13.0 Å². The molecule has 0 saturated heterocycles. The van der Waals surface area contributed by atoms with Crippen LogP contribution in [0.25, 0.3) is 0 Å². The summed E-state index contributed by atoms with van der Waals surface area (Å²) in [7, 11) is 0. The molecular formula is C9H13F2NO. The van der Waals surface area contributed by atoms with Crippen LogP contribution in [0.5, 0.6) is 0 Å². The summed E-state index contributed by atoms with van der Waals surface area (Å²) in [5.41, 5.74) is 5.72. The van der Waals surface area contributed by atoms with Crippen molar-refractivity contribution in [3.8, 4) is 0 Å². The lowest BCUT2D eigenvalue weighted by atomic mass is 10.2. The van der Waals surface area contributed by atoms with Crippen LogP contribution in [0.1, 0.15) is 36.9 Å². The Morgan fingerprint density at radius 1 is 1.54 bits per heavy atom. The van der Waals surface area contributed by atoms with Crippen molar-refractivity contribution in [2.75, 3.05) is 0 Å². The van der Waals surface area contributed by atoms with E-state index in [9.17, 15) is 8.78 Å². The lowest BCUT2D eigenvalue weighted by Crippen LogP contribution is -1.98. The number of alkyl halides is 2. The van der Waals surface area contributed by atoms with Crippen molar-refractivity contribution in [2.45, 2.75) is 32.7 Å². The first-order valence-electron chi connectivity index (χ1n) is 4.28. The highest BCUT2D eigenvalue weighted by atomic mass is 19.3. The summed E-state index contributed by atoms with van der Waals surface area (Å²) in [6.07, 6.45) is -1.01. The molecule has 0 aliphatic carbocycles. The molecule has 0 fully saturated rings. The fourth-order valence-electron chi connectivity index (χ4n) is 1.22.